The van der Waals surface area contributed by atoms with Crippen LogP contribution in [-0.2, 0) is 15.1 Å². The van der Waals surface area contributed by atoms with Crippen molar-refractivity contribution in [2.45, 2.75) is 30.3 Å². The molecule has 1 amide bonds. The zero-order valence-electron chi connectivity index (χ0n) is 26.9. The predicted molar refractivity (Wildman–Crippen MR) is 186 cm³/mol. The van der Waals surface area contributed by atoms with Crippen LogP contribution in [0.15, 0.2) is 116 Å². The number of benzene rings is 4. The summed E-state index contributed by atoms with van der Waals surface area (Å²) >= 11 is 1.22. The van der Waals surface area contributed by atoms with Crippen LogP contribution in [0.4, 0.5) is 5.82 Å². The van der Waals surface area contributed by atoms with Crippen LogP contribution in [0.5, 0.6) is 11.5 Å². The summed E-state index contributed by atoms with van der Waals surface area (Å²) in [6, 6.07) is 34.5. The molecule has 49 heavy (non-hydrogen) atoms. The van der Waals surface area contributed by atoms with Gasteiger partial charge in [-0.2, -0.15) is 4.37 Å². The van der Waals surface area contributed by atoms with Crippen molar-refractivity contribution in [3.8, 4) is 11.5 Å². The van der Waals surface area contributed by atoms with Crippen molar-refractivity contribution in [1.29, 1.82) is 0 Å². The molecule has 1 aliphatic heterocycles. The Bertz CT molecular complexity index is 1980. The lowest BCUT2D eigenvalue weighted by Gasteiger charge is -2.37. The van der Waals surface area contributed by atoms with Gasteiger partial charge in [-0.15, -0.1) is 0 Å². The first-order chi connectivity index (χ1) is 24.0. The molecule has 7 rings (SSSR count). The molecule has 0 bridgehead atoms. The minimum absolute atomic E-state index is 0.0781. The fourth-order valence-corrected chi connectivity index (χ4v) is 7.05. The van der Waals surface area contributed by atoms with Gasteiger partial charge in [-0.1, -0.05) is 72.8 Å². The Kier molecular flexibility index (Phi) is 9.32. The van der Waals surface area contributed by atoms with Crippen molar-refractivity contribution in [2.24, 2.45) is 0 Å². The molecule has 1 fully saturated rings. The Hall–Kier alpha value is -5.20. The largest absolute Gasteiger partial charge is 0.497 e. The van der Waals surface area contributed by atoms with Crippen LogP contribution in [0.3, 0.4) is 0 Å². The van der Waals surface area contributed by atoms with E-state index in [1.54, 1.807) is 38.5 Å². The molecule has 1 aliphatic rings. The van der Waals surface area contributed by atoms with Gasteiger partial charge in [0, 0.05) is 12.0 Å². The smallest absolute Gasteiger partial charge is 0.256 e. The molecule has 0 spiro atoms. The summed E-state index contributed by atoms with van der Waals surface area (Å²) in [7, 11) is 3.27. The Labute approximate surface area is 287 Å². The highest BCUT2D eigenvalue weighted by Crippen LogP contribution is 2.44. The number of aliphatic hydroxyl groups excluding tert-OH is 1. The average Bonchev–Trinajstić information content (AvgIpc) is 3.76. The molecule has 0 radical (unpaired) electrons. The second-order valence-corrected chi connectivity index (χ2v) is 12.4. The number of hydrogen-bond acceptors (Lipinski definition) is 10. The number of amides is 1. The van der Waals surface area contributed by atoms with E-state index < -0.39 is 23.9 Å². The van der Waals surface area contributed by atoms with Crippen LogP contribution in [0, 0.1) is 0 Å². The fraction of sp³-hybridized carbons (Fsp3) is 0.211. The van der Waals surface area contributed by atoms with Gasteiger partial charge in [0.25, 0.3) is 5.91 Å². The van der Waals surface area contributed by atoms with Crippen LogP contribution in [-0.4, -0.2) is 58.4 Å². The number of carbonyl (C=O) groups is 1. The number of hydrogen-bond donors (Lipinski definition) is 2. The van der Waals surface area contributed by atoms with Crippen molar-refractivity contribution in [1.82, 2.24) is 14.3 Å². The van der Waals surface area contributed by atoms with Gasteiger partial charge < -0.3 is 29.4 Å². The Morgan fingerprint density at radius 3 is 2.04 bits per heavy atom. The molecule has 3 atom stereocenters. The first-order valence-corrected chi connectivity index (χ1v) is 16.6. The molecule has 0 unspecified atom stereocenters. The first kappa shape index (κ1) is 32.4. The Morgan fingerprint density at radius 1 is 0.837 bits per heavy atom. The zero-order valence-corrected chi connectivity index (χ0v) is 27.7. The summed E-state index contributed by atoms with van der Waals surface area (Å²) in [6.07, 6.45) is -0.239. The van der Waals surface area contributed by atoms with Crippen molar-refractivity contribution in [3.63, 3.8) is 0 Å². The summed E-state index contributed by atoms with van der Waals surface area (Å²) in [5.74, 6) is 1.46. The third-order valence-corrected chi connectivity index (χ3v) is 9.64. The lowest BCUT2D eigenvalue weighted by atomic mass is 9.80. The van der Waals surface area contributed by atoms with Gasteiger partial charge in [-0.05, 0) is 64.6 Å². The van der Waals surface area contributed by atoms with E-state index in [4.69, 9.17) is 18.9 Å². The average molecular weight is 675 g/mol. The van der Waals surface area contributed by atoms with Crippen LogP contribution in [0.2, 0.25) is 0 Å². The lowest BCUT2D eigenvalue weighted by molar-refractivity contribution is -0.0822. The van der Waals surface area contributed by atoms with Crippen molar-refractivity contribution >= 4 is 34.3 Å². The quantitative estimate of drug-likeness (QED) is 0.147. The highest BCUT2D eigenvalue weighted by Gasteiger charge is 2.42. The molecule has 0 saturated carbocycles. The molecule has 3 heterocycles. The number of methoxy groups -OCH3 is 2. The Balaban J connectivity index is 1.18. The van der Waals surface area contributed by atoms with Crippen LogP contribution in [0.1, 0.15) is 44.5 Å². The van der Waals surface area contributed by atoms with E-state index >= 15 is 0 Å². The van der Waals surface area contributed by atoms with E-state index in [1.807, 2.05) is 84.9 Å². The Morgan fingerprint density at radius 2 is 1.43 bits per heavy atom. The van der Waals surface area contributed by atoms with E-state index in [0.717, 1.165) is 33.1 Å². The molecule has 10 nitrogen and oxygen atoms in total. The normalized spacial score (nSPS) is 17.6. The minimum atomic E-state index is -1.06. The molecular weight excluding hydrogens is 641 g/mol. The van der Waals surface area contributed by atoms with Crippen molar-refractivity contribution in [3.05, 3.63) is 143 Å². The summed E-state index contributed by atoms with van der Waals surface area (Å²) in [5, 5.41) is 14.2. The fourth-order valence-electron chi connectivity index (χ4n) is 6.18. The third kappa shape index (κ3) is 6.36. The van der Waals surface area contributed by atoms with Gasteiger partial charge in [-0.25, -0.2) is 9.97 Å². The van der Waals surface area contributed by atoms with Crippen molar-refractivity contribution < 1.29 is 28.8 Å². The van der Waals surface area contributed by atoms with Crippen LogP contribution < -0.4 is 14.8 Å². The van der Waals surface area contributed by atoms with Crippen molar-refractivity contribution in [2.75, 3.05) is 26.1 Å². The van der Waals surface area contributed by atoms with Crippen LogP contribution in [0.25, 0.3) is 11.0 Å². The SMILES string of the molecule is COc1ccc(C(OC[C@H]2O[C@@H](c3snc4c(NC(=O)c5ccccc5)ncnc34)C[C@@H]2O)(c2ccccc2)c2ccc(OC)cc2)cc1. The monoisotopic (exact) mass is 674 g/mol. The number of fused-ring (bicyclic) bond motifs is 1. The predicted octanol–water partition coefficient (Wildman–Crippen LogP) is 6.56. The number of ether oxygens (including phenoxy) is 4. The number of rotatable bonds is 11. The highest BCUT2D eigenvalue weighted by atomic mass is 32.1. The summed E-state index contributed by atoms with van der Waals surface area (Å²) in [5.41, 5.74) is 3.14. The number of nitrogens with zero attached hydrogens (tertiary/aromatic N) is 3. The van der Waals surface area contributed by atoms with E-state index in [9.17, 15) is 9.90 Å². The standard InChI is InChI=1S/C38H34N4O6S/c1-45-28-17-13-26(14-18-28)38(25-11-7-4-8-12-25,27-15-19-29(46-2)20-16-27)47-22-32-30(43)21-31(48-32)35-33-34(42-49-35)36(40-23-39-33)41-37(44)24-9-5-3-6-10-24/h3-20,23,30-32,43H,21-22H2,1-2H3,(H,39,40,41,44)/t30-,31+,32+/m0/s1. The van der Waals surface area contributed by atoms with E-state index in [1.165, 1.54) is 17.9 Å². The third-order valence-electron chi connectivity index (χ3n) is 8.71. The van der Waals surface area contributed by atoms with E-state index in [-0.39, 0.29) is 12.5 Å². The van der Waals surface area contributed by atoms with E-state index in [2.05, 4.69) is 19.7 Å². The molecule has 0 aliphatic carbocycles. The maximum atomic E-state index is 12.9. The van der Waals surface area contributed by atoms with Gasteiger partial charge in [0.15, 0.2) is 5.82 Å². The number of aliphatic hydroxyl groups is 1. The van der Waals surface area contributed by atoms with Gasteiger partial charge in [0.1, 0.15) is 40.6 Å². The number of aromatic nitrogens is 3. The molecule has 2 aromatic heterocycles. The van der Waals surface area contributed by atoms with Gasteiger partial charge in [0.2, 0.25) is 0 Å². The summed E-state index contributed by atoms with van der Waals surface area (Å²) in [6.45, 7) is 0.0781. The molecule has 1 saturated heterocycles. The van der Waals surface area contributed by atoms with Crippen LogP contribution >= 0.6 is 11.5 Å². The highest BCUT2D eigenvalue weighted by molar-refractivity contribution is 7.07. The molecule has 248 valence electrons. The summed E-state index contributed by atoms with van der Waals surface area (Å²) in [4.78, 5) is 22.4. The topological polar surface area (TPSA) is 125 Å². The van der Waals surface area contributed by atoms with Gasteiger partial charge >= 0.3 is 0 Å². The second kappa shape index (κ2) is 14.1. The molecule has 11 heteroatoms. The minimum Gasteiger partial charge on any atom is -0.497 e. The molecular formula is C38H34N4O6S. The molecule has 6 aromatic rings. The van der Waals surface area contributed by atoms with E-state index in [0.29, 0.717) is 28.8 Å². The number of nitrogens with one attached hydrogen (secondary N) is 1. The maximum absolute atomic E-state index is 12.9. The maximum Gasteiger partial charge on any atom is 0.256 e. The molecule has 4 aromatic carbocycles. The molecule has 2 N–H and O–H groups in total. The summed E-state index contributed by atoms with van der Waals surface area (Å²) < 4.78 is 29.0. The lowest BCUT2D eigenvalue weighted by Crippen LogP contribution is -2.38. The first-order valence-electron chi connectivity index (χ1n) is 15.8. The van der Waals surface area contributed by atoms with Gasteiger partial charge in [0.05, 0.1) is 37.9 Å². The number of carbonyl (C=O) groups excluding carboxylic acids is 1. The number of anilines is 1. The van der Waals surface area contributed by atoms with Gasteiger partial charge in [-0.3, -0.25) is 4.79 Å². The second-order valence-electron chi connectivity index (χ2n) is 11.6. The zero-order chi connectivity index (χ0) is 33.8.